The Kier molecular flexibility index (Phi) is 3.47. The number of carbonyl (C=O) groups excluding carboxylic acids is 1. The molecule has 1 aliphatic heterocycles. The van der Waals surface area contributed by atoms with Gasteiger partial charge in [0.15, 0.2) is 5.78 Å². The molecule has 1 fully saturated rings. The lowest BCUT2D eigenvalue weighted by molar-refractivity contribution is -0.136. The van der Waals surface area contributed by atoms with E-state index in [4.69, 9.17) is 9.84 Å². The van der Waals surface area contributed by atoms with Crippen LogP contribution in [0.5, 0.6) is 5.75 Å². The van der Waals surface area contributed by atoms with Gasteiger partial charge in [-0.2, -0.15) is 0 Å². The third-order valence-electron chi connectivity index (χ3n) is 4.37. The van der Waals surface area contributed by atoms with E-state index in [0.29, 0.717) is 29.4 Å². The van der Waals surface area contributed by atoms with Crippen LogP contribution < -0.4 is 4.74 Å². The predicted molar refractivity (Wildman–Crippen MR) is 73.1 cm³/mol. The number of carbonyl (C=O) groups is 2. The lowest BCUT2D eigenvalue weighted by atomic mass is 9.76. The van der Waals surface area contributed by atoms with Crippen LogP contribution in [0.2, 0.25) is 0 Å². The highest BCUT2D eigenvalue weighted by Crippen LogP contribution is 2.38. The van der Waals surface area contributed by atoms with Gasteiger partial charge in [0.1, 0.15) is 5.75 Å². The van der Waals surface area contributed by atoms with Gasteiger partial charge in [0.2, 0.25) is 0 Å². The zero-order valence-electron chi connectivity index (χ0n) is 11.3. The van der Waals surface area contributed by atoms with Gasteiger partial charge in [-0.05, 0) is 30.5 Å². The Balaban J connectivity index is 1.92. The minimum absolute atomic E-state index is 0.0440. The van der Waals surface area contributed by atoms with Crippen molar-refractivity contribution in [2.45, 2.75) is 32.1 Å². The fourth-order valence-corrected chi connectivity index (χ4v) is 3.32. The van der Waals surface area contributed by atoms with Gasteiger partial charge >= 0.3 is 5.97 Å². The molecule has 0 aromatic heterocycles. The summed E-state index contributed by atoms with van der Waals surface area (Å²) in [7, 11) is 0. The van der Waals surface area contributed by atoms with Crippen LogP contribution in [0, 0.1) is 11.8 Å². The molecule has 2 aliphatic rings. The van der Waals surface area contributed by atoms with Crippen molar-refractivity contribution in [3.8, 4) is 5.75 Å². The van der Waals surface area contributed by atoms with Crippen LogP contribution in [0.1, 0.15) is 41.6 Å². The largest absolute Gasteiger partial charge is 0.493 e. The van der Waals surface area contributed by atoms with Crippen LogP contribution in [0.15, 0.2) is 18.2 Å². The Morgan fingerprint density at radius 2 is 2.10 bits per heavy atom. The average molecular weight is 274 g/mol. The smallest absolute Gasteiger partial charge is 0.307 e. The van der Waals surface area contributed by atoms with Crippen LogP contribution in [0.3, 0.4) is 0 Å². The van der Waals surface area contributed by atoms with Crippen molar-refractivity contribution >= 4 is 11.8 Å². The number of Topliss-reactive ketones (excluding diaryl/α,β-unsaturated/α-hetero) is 1. The van der Waals surface area contributed by atoms with E-state index < -0.39 is 5.97 Å². The number of hydrogen-bond donors (Lipinski definition) is 1. The standard InChI is InChI=1S/C16H18O4/c17-15(18)8-10-5-6-13-14(7-10)20-9-11-3-1-2-4-12(11)16(13)19/h5-7,11-12H,1-4,8-9H2,(H,17,18). The maximum atomic E-state index is 12.6. The fourth-order valence-electron chi connectivity index (χ4n) is 3.32. The zero-order valence-corrected chi connectivity index (χ0v) is 11.3. The third-order valence-corrected chi connectivity index (χ3v) is 4.37. The predicted octanol–water partition coefficient (Wildman–Crippen LogP) is 2.70. The number of fused-ring (bicyclic) bond motifs is 2. The number of ether oxygens (including phenoxy) is 1. The maximum absolute atomic E-state index is 12.6. The lowest BCUT2D eigenvalue weighted by Gasteiger charge is -2.27. The monoisotopic (exact) mass is 274 g/mol. The van der Waals surface area contributed by atoms with E-state index in [0.717, 1.165) is 19.3 Å². The summed E-state index contributed by atoms with van der Waals surface area (Å²) in [5.41, 5.74) is 1.29. The number of rotatable bonds is 2. The second kappa shape index (κ2) is 5.27. The highest BCUT2D eigenvalue weighted by molar-refractivity contribution is 6.01. The zero-order chi connectivity index (χ0) is 14.1. The second-order valence-corrected chi connectivity index (χ2v) is 5.73. The van der Waals surface area contributed by atoms with Gasteiger partial charge in [-0.25, -0.2) is 0 Å². The van der Waals surface area contributed by atoms with E-state index >= 15 is 0 Å². The first-order chi connectivity index (χ1) is 9.65. The normalized spacial score (nSPS) is 25.1. The van der Waals surface area contributed by atoms with Gasteiger partial charge in [0.25, 0.3) is 0 Å². The van der Waals surface area contributed by atoms with E-state index in [9.17, 15) is 9.59 Å². The van der Waals surface area contributed by atoms with Crippen molar-refractivity contribution in [1.29, 1.82) is 0 Å². The quantitative estimate of drug-likeness (QED) is 0.900. The summed E-state index contributed by atoms with van der Waals surface area (Å²) in [5.74, 6) is 0.243. The molecular weight excluding hydrogens is 256 g/mol. The molecule has 0 radical (unpaired) electrons. The van der Waals surface area contributed by atoms with Gasteiger partial charge in [-0.1, -0.05) is 18.9 Å². The molecule has 20 heavy (non-hydrogen) atoms. The molecule has 1 aliphatic carbocycles. The van der Waals surface area contributed by atoms with Crippen LogP contribution in [-0.4, -0.2) is 23.5 Å². The van der Waals surface area contributed by atoms with Crippen LogP contribution in [0.4, 0.5) is 0 Å². The molecule has 3 rings (SSSR count). The van der Waals surface area contributed by atoms with Crippen molar-refractivity contribution in [2.24, 2.45) is 11.8 Å². The van der Waals surface area contributed by atoms with Crippen molar-refractivity contribution in [3.05, 3.63) is 29.3 Å². The molecule has 1 saturated carbocycles. The number of benzene rings is 1. The molecule has 0 saturated heterocycles. The fraction of sp³-hybridized carbons (Fsp3) is 0.500. The Bertz CT molecular complexity index is 549. The molecule has 1 aromatic carbocycles. The minimum Gasteiger partial charge on any atom is -0.493 e. The lowest BCUT2D eigenvalue weighted by Crippen LogP contribution is -2.28. The molecule has 1 heterocycles. The SMILES string of the molecule is O=C(O)Cc1ccc2c(c1)OCC1CCCCC1C2=O. The number of hydrogen-bond acceptors (Lipinski definition) is 3. The summed E-state index contributed by atoms with van der Waals surface area (Å²) in [6, 6.07) is 5.16. The first kappa shape index (κ1) is 13.2. The van der Waals surface area contributed by atoms with Gasteiger partial charge in [0, 0.05) is 11.8 Å². The number of ketones is 1. The van der Waals surface area contributed by atoms with E-state index in [2.05, 4.69) is 0 Å². The van der Waals surface area contributed by atoms with Gasteiger partial charge < -0.3 is 9.84 Å². The maximum Gasteiger partial charge on any atom is 0.307 e. The van der Waals surface area contributed by atoms with Gasteiger partial charge in [-0.15, -0.1) is 0 Å². The van der Waals surface area contributed by atoms with Gasteiger partial charge in [-0.3, -0.25) is 9.59 Å². The number of carboxylic acid groups (broad SMARTS) is 1. The molecule has 4 heteroatoms. The van der Waals surface area contributed by atoms with Crippen molar-refractivity contribution in [1.82, 2.24) is 0 Å². The summed E-state index contributed by atoms with van der Waals surface area (Å²) in [5, 5.41) is 8.84. The van der Waals surface area contributed by atoms with E-state index in [-0.39, 0.29) is 18.1 Å². The van der Waals surface area contributed by atoms with Crippen molar-refractivity contribution in [3.63, 3.8) is 0 Å². The van der Waals surface area contributed by atoms with Crippen LogP contribution >= 0.6 is 0 Å². The molecule has 0 spiro atoms. The highest BCUT2D eigenvalue weighted by atomic mass is 16.5. The van der Waals surface area contributed by atoms with Crippen molar-refractivity contribution in [2.75, 3.05) is 6.61 Å². The minimum atomic E-state index is -0.876. The molecule has 1 aromatic rings. The highest BCUT2D eigenvalue weighted by Gasteiger charge is 2.35. The van der Waals surface area contributed by atoms with Crippen LogP contribution in [-0.2, 0) is 11.2 Å². The molecule has 106 valence electrons. The molecule has 0 amide bonds. The Labute approximate surface area is 117 Å². The third kappa shape index (κ3) is 2.42. The average Bonchev–Trinajstić information content (AvgIpc) is 2.57. The molecule has 2 unspecified atom stereocenters. The Morgan fingerprint density at radius 3 is 2.90 bits per heavy atom. The summed E-state index contributed by atoms with van der Waals surface area (Å²) in [4.78, 5) is 23.4. The first-order valence-corrected chi connectivity index (χ1v) is 7.17. The molecule has 2 atom stereocenters. The number of carboxylic acids is 1. The summed E-state index contributed by atoms with van der Waals surface area (Å²) in [6.45, 7) is 0.569. The summed E-state index contributed by atoms with van der Waals surface area (Å²) in [6.07, 6.45) is 4.23. The first-order valence-electron chi connectivity index (χ1n) is 7.17. The Hall–Kier alpha value is -1.84. The van der Waals surface area contributed by atoms with E-state index in [1.165, 1.54) is 6.42 Å². The Morgan fingerprint density at radius 1 is 1.30 bits per heavy atom. The van der Waals surface area contributed by atoms with Crippen LogP contribution in [0.25, 0.3) is 0 Å². The molecule has 0 bridgehead atoms. The van der Waals surface area contributed by atoms with E-state index in [1.54, 1.807) is 18.2 Å². The summed E-state index contributed by atoms with van der Waals surface area (Å²) >= 11 is 0. The topological polar surface area (TPSA) is 63.6 Å². The van der Waals surface area contributed by atoms with Crippen molar-refractivity contribution < 1.29 is 19.4 Å². The van der Waals surface area contributed by atoms with E-state index in [1.807, 2.05) is 0 Å². The molecule has 4 nitrogen and oxygen atoms in total. The van der Waals surface area contributed by atoms with Gasteiger partial charge in [0.05, 0.1) is 18.6 Å². The second-order valence-electron chi connectivity index (χ2n) is 5.73. The molecule has 1 N–H and O–H groups in total. The molecular formula is C16H18O4. The summed E-state index contributed by atoms with van der Waals surface area (Å²) < 4.78 is 5.80. The number of aliphatic carboxylic acids is 1.